The van der Waals surface area contributed by atoms with Crippen molar-refractivity contribution in [1.29, 1.82) is 0 Å². The fraction of sp³-hybridized carbons (Fsp3) is 0.188. The van der Waals surface area contributed by atoms with Crippen LogP contribution < -0.4 is 9.64 Å². The summed E-state index contributed by atoms with van der Waals surface area (Å²) in [6.07, 6.45) is 0.699. The van der Waals surface area contributed by atoms with Crippen molar-refractivity contribution in [3.8, 4) is 5.75 Å². The molecule has 0 N–H and O–H groups in total. The predicted octanol–water partition coefficient (Wildman–Crippen LogP) is 2.56. The number of hydrogen-bond acceptors (Lipinski definition) is 4. The summed E-state index contributed by atoms with van der Waals surface area (Å²) in [4.78, 5) is 24.2. The number of amides is 1. The topological polar surface area (TPSA) is 72.7 Å². The number of para-hydroxylation sites is 1. The van der Waals surface area contributed by atoms with E-state index in [1.54, 1.807) is 23.1 Å². The lowest BCUT2D eigenvalue weighted by molar-refractivity contribution is -0.384. The molecule has 1 aliphatic heterocycles. The Kier molecular flexibility index (Phi) is 3.74. The average molecular weight is 298 g/mol. The molecular formula is C16H14N2O4. The van der Waals surface area contributed by atoms with Gasteiger partial charge in [-0.05, 0) is 24.1 Å². The van der Waals surface area contributed by atoms with Gasteiger partial charge in [0.2, 0.25) is 0 Å². The number of rotatable bonds is 4. The van der Waals surface area contributed by atoms with Crippen molar-refractivity contribution < 1.29 is 14.5 Å². The smallest absolute Gasteiger partial charge is 0.271 e. The Morgan fingerprint density at radius 3 is 2.73 bits per heavy atom. The second kappa shape index (κ2) is 5.85. The average Bonchev–Trinajstić information content (AvgIpc) is 2.96. The minimum absolute atomic E-state index is 0.0116. The number of ether oxygens (including phenoxy) is 1. The first-order valence-electron chi connectivity index (χ1n) is 6.90. The summed E-state index contributed by atoms with van der Waals surface area (Å²) in [7, 11) is 0. The summed E-state index contributed by atoms with van der Waals surface area (Å²) in [5, 5.41) is 10.9. The van der Waals surface area contributed by atoms with E-state index in [4.69, 9.17) is 4.74 Å². The normalized spacial score (nSPS) is 12.8. The van der Waals surface area contributed by atoms with E-state index in [-0.39, 0.29) is 18.2 Å². The maximum Gasteiger partial charge on any atom is 0.271 e. The summed E-state index contributed by atoms with van der Waals surface area (Å²) in [6, 6.07) is 13.7. The van der Waals surface area contributed by atoms with Gasteiger partial charge in [0, 0.05) is 18.7 Å². The van der Waals surface area contributed by atoms with Gasteiger partial charge in [-0.15, -0.1) is 0 Å². The molecule has 6 heteroatoms. The lowest BCUT2D eigenvalue weighted by atomic mass is 10.1. The van der Waals surface area contributed by atoms with Crippen LogP contribution in [-0.2, 0) is 11.2 Å². The van der Waals surface area contributed by atoms with Crippen molar-refractivity contribution >= 4 is 17.3 Å². The Bertz CT molecular complexity index is 715. The van der Waals surface area contributed by atoms with Crippen molar-refractivity contribution in [1.82, 2.24) is 0 Å². The SMILES string of the molecule is O=C(COc1ccccc1)N1CCc2ccc([N+](=O)[O-])cc21. The molecule has 0 bridgehead atoms. The summed E-state index contributed by atoms with van der Waals surface area (Å²) in [5.74, 6) is 0.414. The van der Waals surface area contributed by atoms with Gasteiger partial charge in [-0.25, -0.2) is 0 Å². The maximum absolute atomic E-state index is 12.3. The van der Waals surface area contributed by atoms with Crippen LogP contribution in [0.4, 0.5) is 11.4 Å². The Morgan fingerprint density at radius 1 is 1.23 bits per heavy atom. The molecule has 0 fully saturated rings. The number of fused-ring (bicyclic) bond motifs is 1. The molecule has 0 aromatic heterocycles. The molecule has 0 atom stereocenters. The van der Waals surface area contributed by atoms with Crippen molar-refractivity contribution in [3.05, 3.63) is 64.2 Å². The number of hydrogen-bond donors (Lipinski definition) is 0. The van der Waals surface area contributed by atoms with Crippen LogP contribution in [-0.4, -0.2) is 24.0 Å². The van der Waals surface area contributed by atoms with Crippen LogP contribution in [0.3, 0.4) is 0 Å². The van der Waals surface area contributed by atoms with Gasteiger partial charge in [-0.3, -0.25) is 14.9 Å². The zero-order chi connectivity index (χ0) is 15.5. The lowest BCUT2D eigenvalue weighted by Gasteiger charge is -2.17. The number of carbonyl (C=O) groups excluding carboxylic acids is 1. The van der Waals surface area contributed by atoms with Gasteiger partial charge in [-0.1, -0.05) is 24.3 Å². The van der Waals surface area contributed by atoms with Crippen LogP contribution >= 0.6 is 0 Å². The fourth-order valence-electron chi connectivity index (χ4n) is 2.48. The Morgan fingerprint density at radius 2 is 2.00 bits per heavy atom. The molecule has 112 valence electrons. The van der Waals surface area contributed by atoms with Crippen molar-refractivity contribution in [3.63, 3.8) is 0 Å². The molecule has 0 saturated heterocycles. The Balaban J connectivity index is 1.73. The van der Waals surface area contributed by atoms with Crippen LogP contribution in [0, 0.1) is 10.1 Å². The predicted molar refractivity (Wildman–Crippen MR) is 81.1 cm³/mol. The van der Waals surface area contributed by atoms with Gasteiger partial charge in [0.25, 0.3) is 11.6 Å². The molecule has 0 spiro atoms. The molecule has 0 radical (unpaired) electrons. The molecule has 2 aromatic carbocycles. The molecule has 2 aromatic rings. The monoisotopic (exact) mass is 298 g/mol. The fourth-order valence-corrected chi connectivity index (χ4v) is 2.48. The number of benzene rings is 2. The number of carbonyl (C=O) groups is 1. The van der Waals surface area contributed by atoms with Gasteiger partial charge in [0.05, 0.1) is 10.6 Å². The van der Waals surface area contributed by atoms with E-state index in [1.807, 2.05) is 18.2 Å². The first-order valence-corrected chi connectivity index (χ1v) is 6.90. The third kappa shape index (κ3) is 2.76. The molecule has 6 nitrogen and oxygen atoms in total. The summed E-state index contributed by atoms with van der Waals surface area (Å²) in [5.41, 5.74) is 1.54. The van der Waals surface area contributed by atoms with Crippen LogP contribution in [0.5, 0.6) is 5.75 Å². The third-order valence-electron chi connectivity index (χ3n) is 3.58. The number of nitro groups is 1. The summed E-state index contributed by atoms with van der Waals surface area (Å²) < 4.78 is 5.45. The molecule has 0 unspecified atom stereocenters. The minimum Gasteiger partial charge on any atom is -0.484 e. The molecule has 0 aliphatic carbocycles. The molecule has 1 amide bonds. The third-order valence-corrected chi connectivity index (χ3v) is 3.58. The van der Waals surface area contributed by atoms with Crippen LogP contribution in [0.25, 0.3) is 0 Å². The Labute approximate surface area is 127 Å². The quantitative estimate of drug-likeness (QED) is 0.642. The number of non-ortho nitro benzene ring substituents is 1. The standard InChI is InChI=1S/C16H14N2O4/c19-16(11-22-14-4-2-1-3-5-14)17-9-8-12-6-7-13(18(20)21)10-15(12)17/h1-7,10H,8-9,11H2. The molecule has 22 heavy (non-hydrogen) atoms. The van der Waals surface area contributed by atoms with Gasteiger partial charge < -0.3 is 9.64 Å². The zero-order valence-corrected chi connectivity index (χ0v) is 11.8. The van der Waals surface area contributed by atoms with E-state index >= 15 is 0 Å². The van der Waals surface area contributed by atoms with Crippen LogP contribution in [0.15, 0.2) is 48.5 Å². The van der Waals surface area contributed by atoms with Crippen LogP contribution in [0.1, 0.15) is 5.56 Å². The Hall–Kier alpha value is -2.89. The highest BCUT2D eigenvalue weighted by molar-refractivity contribution is 5.96. The zero-order valence-electron chi connectivity index (χ0n) is 11.8. The van der Waals surface area contributed by atoms with E-state index in [0.717, 1.165) is 5.56 Å². The second-order valence-corrected chi connectivity index (χ2v) is 4.97. The molecule has 1 aliphatic rings. The summed E-state index contributed by atoms with van der Waals surface area (Å²) >= 11 is 0. The lowest BCUT2D eigenvalue weighted by Crippen LogP contribution is -2.33. The second-order valence-electron chi connectivity index (χ2n) is 4.97. The highest BCUT2D eigenvalue weighted by Gasteiger charge is 2.26. The van der Waals surface area contributed by atoms with E-state index < -0.39 is 4.92 Å². The van der Waals surface area contributed by atoms with Gasteiger partial charge in [0.1, 0.15) is 5.75 Å². The maximum atomic E-state index is 12.3. The van der Waals surface area contributed by atoms with Crippen molar-refractivity contribution in [2.24, 2.45) is 0 Å². The van der Waals surface area contributed by atoms with E-state index in [0.29, 0.717) is 24.4 Å². The van der Waals surface area contributed by atoms with Crippen molar-refractivity contribution in [2.45, 2.75) is 6.42 Å². The highest BCUT2D eigenvalue weighted by atomic mass is 16.6. The molecule has 0 saturated carbocycles. The van der Waals surface area contributed by atoms with E-state index in [9.17, 15) is 14.9 Å². The first-order chi connectivity index (χ1) is 10.6. The molecule has 3 rings (SSSR count). The number of nitrogens with zero attached hydrogens (tertiary/aromatic N) is 2. The number of anilines is 1. The molecule has 1 heterocycles. The van der Waals surface area contributed by atoms with Gasteiger partial charge >= 0.3 is 0 Å². The van der Waals surface area contributed by atoms with Gasteiger partial charge in [0.15, 0.2) is 6.61 Å². The summed E-state index contributed by atoms with van der Waals surface area (Å²) in [6.45, 7) is 0.430. The van der Waals surface area contributed by atoms with Gasteiger partial charge in [-0.2, -0.15) is 0 Å². The molecular weight excluding hydrogens is 284 g/mol. The first kappa shape index (κ1) is 14.1. The van der Waals surface area contributed by atoms with E-state index in [1.165, 1.54) is 12.1 Å². The van der Waals surface area contributed by atoms with E-state index in [2.05, 4.69) is 0 Å². The van der Waals surface area contributed by atoms with Crippen LogP contribution in [0.2, 0.25) is 0 Å². The largest absolute Gasteiger partial charge is 0.484 e. The minimum atomic E-state index is -0.457. The number of nitro benzene ring substituents is 1. The highest BCUT2D eigenvalue weighted by Crippen LogP contribution is 2.31. The van der Waals surface area contributed by atoms with Crippen molar-refractivity contribution in [2.75, 3.05) is 18.1 Å².